The van der Waals surface area contributed by atoms with E-state index in [2.05, 4.69) is 6.07 Å². The number of benzene rings is 1. The van der Waals surface area contributed by atoms with Crippen molar-refractivity contribution < 1.29 is 19.4 Å². The van der Waals surface area contributed by atoms with Crippen LogP contribution in [0.25, 0.3) is 5.65 Å². The second-order valence-corrected chi connectivity index (χ2v) is 9.38. The molecule has 1 amide bonds. The molecule has 2 fully saturated rings. The van der Waals surface area contributed by atoms with Crippen LogP contribution in [0.2, 0.25) is 0 Å². The molecule has 10 heteroatoms. The van der Waals surface area contributed by atoms with Gasteiger partial charge in [-0.1, -0.05) is 6.07 Å². The summed E-state index contributed by atoms with van der Waals surface area (Å²) in [7, 11) is 0. The highest BCUT2D eigenvalue weighted by Gasteiger charge is 2.35. The number of aryl methyl sites for hydroxylation is 1. The van der Waals surface area contributed by atoms with Gasteiger partial charge < -0.3 is 24.4 Å². The minimum Gasteiger partial charge on any atom is -0.454 e. The van der Waals surface area contributed by atoms with E-state index in [4.69, 9.17) is 19.6 Å². The summed E-state index contributed by atoms with van der Waals surface area (Å²) >= 11 is 0. The Bertz CT molecular complexity index is 1350. The van der Waals surface area contributed by atoms with Gasteiger partial charge in [0, 0.05) is 37.5 Å². The van der Waals surface area contributed by atoms with Gasteiger partial charge >= 0.3 is 0 Å². The molecule has 35 heavy (non-hydrogen) atoms. The van der Waals surface area contributed by atoms with E-state index < -0.39 is 12.0 Å². The Balaban J connectivity index is 1.32. The molecule has 3 aliphatic heterocycles. The summed E-state index contributed by atoms with van der Waals surface area (Å²) < 4.78 is 12.8. The van der Waals surface area contributed by atoms with Crippen molar-refractivity contribution in [1.29, 1.82) is 5.26 Å². The average Bonchev–Trinajstić information content (AvgIpc) is 3.60. The third kappa shape index (κ3) is 3.63. The summed E-state index contributed by atoms with van der Waals surface area (Å²) in [4.78, 5) is 22.3. The Kier molecular flexibility index (Phi) is 5.22. The van der Waals surface area contributed by atoms with Crippen LogP contribution in [-0.2, 0) is 0 Å². The summed E-state index contributed by atoms with van der Waals surface area (Å²) in [5.74, 6) is 1.32. The van der Waals surface area contributed by atoms with Gasteiger partial charge in [0.15, 0.2) is 17.1 Å². The van der Waals surface area contributed by atoms with Crippen molar-refractivity contribution in [3.8, 4) is 17.6 Å². The smallest absolute Gasteiger partial charge is 0.258 e. The van der Waals surface area contributed by atoms with Crippen molar-refractivity contribution in [2.24, 2.45) is 5.92 Å². The first-order chi connectivity index (χ1) is 17.0. The molecule has 10 nitrogen and oxygen atoms in total. The average molecular weight is 475 g/mol. The van der Waals surface area contributed by atoms with Crippen LogP contribution in [-0.4, -0.2) is 63.0 Å². The maximum atomic E-state index is 13.6. The largest absolute Gasteiger partial charge is 0.454 e. The predicted octanol–water partition coefficient (Wildman–Crippen LogP) is 2.45. The first-order valence-electron chi connectivity index (χ1n) is 11.9. The van der Waals surface area contributed by atoms with Crippen molar-refractivity contribution in [2.45, 2.75) is 38.3 Å². The van der Waals surface area contributed by atoms with Gasteiger partial charge in [-0.15, -0.1) is 0 Å². The highest BCUT2D eigenvalue weighted by atomic mass is 16.7. The highest BCUT2D eigenvalue weighted by molar-refractivity contribution is 5.98. The number of ether oxygens (including phenoxy) is 2. The number of hydrogen-bond acceptors (Lipinski definition) is 8. The SMILES string of the molecule is Cc1cn2nc([C@@H]3CCCCN3C(=O)c3cccc4c3OCO4)cc2nc1N1C[C@@H](C#N)[C@@H](O)C1. The third-order valence-corrected chi connectivity index (χ3v) is 7.11. The number of aliphatic hydroxyl groups excluding tert-OH is 1. The molecular weight excluding hydrogens is 448 g/mol. The second-order valence-electron chi connectivity index (χ2n) is 9.38. The van der Waals surface area contributed by atoms with Crippen molar-refractivity contribution in [2.75, 3.05) is 31.3 Å². The molecule has 0 radical (unpaired) electrons. The molecule has 0 bridgehead atoms. The second kappa shape index (κ2) is 8.43. The fraction of sp³-hybridized carbons (Fsp3) is 0.440. The predicted molar refractivity (Wildman–Crippen MR) is 125 cm³/mol. The van der Waals surface area contributed by atoms with Crippen LogP contribution in [0.1, 0.15) is 46.9 Å². The number of rotatable bonds is 3. The number of aliphatic hydroxyl groups is 1. The van der Waals surface area contributed by atoms with Crippen LogP contribution >= 0.6 is 0 Å². The molecule has 1 aromatic carbocycles. The van der Waals surface area contributed by atoms with E-state index in [9.17, 15) is 15.2 Å². The topological polar surface area (TPSA) is 116 Å². The number of piperidine rings is 1. The number of nitriles is 1. The third-order valence-electron chi connectivity index (χ3n) is 7.11. The maximum Gasteiger partial charge on any atom is 0.258 e. The quantitative estimate of drug-likeness (QED) is 0.615. The number of aromatic nitrogens is 3. The highest BCUT2D eigenvalue weighted by Crippen LogP contribution is 2.39. The molecule has 3 aromatic rings. The lowest BCUT2D eigenvalue weighted by Crippen LogP contribution is -2.38. The van der Waals surface area contributed by atoms with E-state index in [-0.39, 0.29) is 18.7 Å². The molecular formula is C25H26N6O4. The molecule has 2 aromatic heterocycles. The molecule has 6 rings (SSSR count). The number of carbonyl (C=O) groups excluding carboxylic acids is 1. The first-order valence-corrected chi connectivity index (χ1v) is 11.9. The van der Waals surface area contributed by atoms with Gasteiger partial charge in [-0.3, -0.25) is 4.79 Å². The Labute approximate surface area is 202 Å². The van der Waals surface area contributed by atoms with Gasteiger partial charge in [-0.25, -0.2) is 9.50 Å². The Morgan fingerprint density at radius 1 is 1.26 bits per heavy atom. The van der Waals surface area contributed by atoms with Crippen molar-refractivity contribution >= 4 is 17.4 Å². The first kappa shape index (κ1) is 21.7. The number of nitrogens with zero attached hydrogens (tertiary/aromatic N) is 6. The maximum absolute atomic E-state index is 13.6. The summed E-state index contributed by atoms with van der Waals surface area (Å²) in [5, 5.41) is 24.2. The van der Waals surface area contributed by atoms with E-state index in [1.165, 1.54) is 0 Å². The van der Waals surface area contributed by atoms with E-state index in [0.717, 1.165) is 36.3 Å². The molecule has 0 unspecified atom stereocenters. The molecule has 0 aliphatic carbocycles. The monoisotopic (exact) mass is 474 g/mol. The van der Waals surface area contributed by atoms with Crippen LogP contribution in [0.4, 0.5) is 5.82 Å². The van der Waals surface area contributed by atoms with E-state index in [1.807, 2.05) is 35.1 Å². The lowest BCUT2D eigenvalue weighted by molar-refractivity contribution is 0.0601. The molecule has 5 heterocycles. The van der Waals surface area contributed by atoms with Crippen LogP contribution in [0.15, 0.2) is 30.5 Å². The van der Waals surface area contributed by atoms with E-state index in [1.54, 1.807) is 16.6 Å². The molecule has 3 aliphatic rings. The minimum atomic E-state index is -0.687. The number of carbonyl (C=O) groups is 1. The van der Waals surface area contributed by atoms with Crippen LogP contribution < -0.4 is 14.4 Å². The van der Waals surface area contributed by atoms with Crippen LogP contribution in [0.5, 0.6) is 11.5 Å². The van der Waals surface area contributed by atoms with Gasteiger partial charge in [0.1, 0.15) is 5.82 Å². The van der Waals surface area contributed by atoms with Crippen molar-refractivity contribution in [3.05, 3.63) is 47.3 Å². The number of fused-ring (bicyclic) bond motifs is 2. The summed E-state index contributed by atoms with van der Waals surface area (Å²) in [5.41, 5.74) is 2.88. The zero-order valence-electron chi connectivity index (χ0n) is 19.4. The number of amides is 1. The molecule has 0 saturated carbocycles. The molecule has 180 valence electrons. The van der Waals surface area contributed by atoms with Gasteiger partial charge in [0.05, 0.1) is 35.4 Å². The number of hydrogen-bond donors (Lipinski definition) is 1. The van der Waals surface area contributed by atoms with E-state index in [0.29, 0.717) is 42.3 Å². The molecule has 1 N–H and O–H groups in total. The molecule has 3 atom stereocenters. The lowest BCUT2D eigenvalue weighted by atomic mass is 9.98. The van der Waals surface area contributed by atoms with Crippen molar-refractivity contribution in [1.82, 2.24) is 19.5 Å². The fourth-order valence-electron chi connectivity index (χ4n) is 5.32. The number of likely N-dealkylation sites (tertiary alicyclic amines) is 1. The zero-order valence-corrected chi connectivity index (χ0v) is 19.4. The van der Waals surface area contributed by atoms with Gasteiger partial charge in [0.2, 0.25) is 6.79 Å². The summed E-state index contributed by atoms with van der Waals surface area (Å²) in [6, 6.07) is 9.33. The molecule has 2 saturated heterocycles. The number of para-hydroxylation sites is 1. The Morgan fingerprint density at radius 3 is 2.97 bits per heavy atom. The minimum absolute atomic E-state index is 0.0902. The van der Waals surface area contributed by atoms with Crippen LogP contribution in [0.3, 0.4) is 0 Å². The summed E-state index contributed by atoms with van der Waals surface area (Å²) in [6.45, 7) is 3.53. The van der Waals surface area contributed by atoms with Crippen molar-refractivity contribution in [3.63, 3.8) is 0 Å². The molecule has 0 spiro atoms. The van der Waals surface area contributed by atoms with Gasteiger partial charge in [-0.05, 0) is 38.3 Å². The normalized spacial score (nSPS) is 23.6. The van der Waals surface area contributed by atoms with E-state index >= 15 is 0 Å². The Morgan fingerprint density at radius 2 is 2.14 bits per heavy atom. The standard InChI is InChI=1S/C25H26N6O4/c1-15-11-31-22(27-24(15)29-12-16(10-26)20(32)13-29)9-18(28-31)19-6-2-3-8-30(19)25(33)17-5-4-7-21-23(17)35-14-34-21/h4-5,7,9,11,16,19-20,32H,2-3,6,8,12-14H2,1H3/t16-,19+,20+/m1/s1. The number of anilines is 1. The van der Waals surface area contributed by atoms with Gasteiger partial charge in [-0.2, -0.15) is 10.4 Å². The van der Waals surface area contributed by atoms with Gasteiger partial charge in [0.25, 0.3) is 5.91 Å². The number of β-amino-alcohol motifs (C(OH)–C–C–N with tert-alkyl or cyclic N) is 1. The lowest BCUT2D eigenvalue weighted by Gasteiger charge is -2.35. The van der Waals surface area contributed by atoms with Crippen LogP contribution in [0, 0.1) is 24.2 Å². The Hall–Kier alpha value is -3.84. The zero-order chi connectivity index (χ0) is 24.1. The summed E-state index contributed by atoms with van der Waals surface area (Å²) in [6.07, 6.45) is 3.98. The fourth-order valence-corrected chi connectivity index (χ4v) is 5.32.